The summed E-state index contributed by atoms with van der Waals surface area (Å²) in [7, 11) is 0. The minimum absolute atomic E-state index is 0.0129. The molecule has 0 aliphatic carbocycles. The van der Waals surface area contributed by atoms with Crippen molar-refractivity contribution in [1.82, 2.24) is 5.32 Å². The second-order valence-electron chi connectivity index (χ2n) is 4.84. The van der Waals surface area contributed by atoms with Crippen LogP contribution in [0, 0.1) is 0 Å². The number of carbonyl (C=O) groups excluding carboxylic acids is 1. The number of thioether (sulfide) groups is 1. The van der Waals surface area contributed by atoms with Crippen LogP contribution in [0.1, 0.15) is 37.0 Å². The lowest BCUT2D eigenvalue weighted by molar-refractivity contribution is 0.0943. The van der Waals surface area contributed by atoms with Gasteiger partial charge in [-0.15, -0.1) is 0 Å². The van der Waals surface area contributed by atoms with E-state index in [0.717, 1.165) is 18.7 Å². The van der Waals surface area contributed by atoms with Crippen LogP contribution in [0.2, 0.25) is 0 Å². The number of hydrogen-bond acceptors (Lipinski definition) is 3. The third kappa shape index (κ3) is 6.53. The Bertz CT molecular complexity index is 393. The first-order valence-corrected chi connectivity index (χ1v) is 8.16. The molecule has 0 radical (unpaired) electrons. The molecular weight excluding hydrogens is 256 g/mol. The van der Waals surface area contributed by atoms with Gasteiger partial charge in [-0.3, -0.25) is 4.79 Å². The Labute approximate surface area is 120 Å². The molecule has 1 rings (SSSR count). The Hall–Kier alpha value is -1.16. The molecule has 0 aromatic heterocycles. The molecule has 19 heavy (non-hydrogen) atoms. The van der Waals surface area contributed by atoms with Gasteiger partial charge in [0, 0.05) is 23.8 Å². The zero-order valence-corrected chi connectivity index (χ0v) is 12.8. The third-order valence-corrected chi connectivity index (χ3v) is 3.35. The van der Waals surface area contributed by atoms with Gasteiger partial charge in [0.25, 0.3) is 5.91 Å². The smallest absolute Gasteiger partial charge is 0.251 e. The summed E-state index contributed by atoms with van der Waals surface area (Å²) < 4.78 is 0. The summed E-state index contributed by atoms with van der Waals surface area (Å²) in [6.07, 6.45) is 4.51. The summed E-state index contributed by atoms with van der Waals surface area (Å²) in [5.41, 5.74) is 1.73. The third-order valence-electron chi connectivity index (χ3n) is 2.65. The van der Waals surface area contributed by atoms with E-state index in [4.69, 9.17) is 0 Å². The van der Waals surface area contributed by atoms with Crippen molar-refractivity contribution < 1.29 is 4.79 Å². The number of carbonyl (C=O) groups is 1. The molecular formula is C15H24N2OS. The van der Waals surface area contributed by atoms with E-state index in [1.54, 1.807) is 0 Å². The topological polar surface area (TPSA) is 41.1 Å². The highest BCUT2D eigenvalue weighted by Gasteiger charge is 2.06. The van der Waals surface area contributed by atoms with Crippen LogP contribution in [-0.4, -0.2) is 30.5 Å². The van der Waals surface area contributed by atoms with E-state index in [2.05, 4.69) is 16.9 Å². The molecule has 0 saturated heterocycles. The van der Waals surface area contributed by atoms with Gasteiger partial charge < -0.3 is 10.6 Å². The Balaban J connectivity index is 2.45. The molecule has 0 spiro atoms. The normalized spacial score (nSPS) is 10.5. The van der Waals surface area contributed by atoms with Gasteiger partial charge in [-0.05, 0) is 56.9 Å². The molecule has 1 amide bonds. The van der Waals surface area contributed by atoms with Crippen molar-refractivity contribution in [3.63, 3.8) is 0 Å². The van der Waals surface area contributed by atoms with Crippen LogP contribution in [0.4, 0.5) is 5.69 Å². The fraction of sp³-hybridized carbons (Fsp3) is 0.533. The zero-order chi connectivity index (χ0) is 14.1. The molecule has 0 atom stereocenters. The summed E-state index contributed by atoms with van der Waals surface area (Å²) in [5, 5.41) is 6.26. The molecule has 0 heterocycles. The first-order chi connectivity index (χ1) is 9.13. The first kappa shape index (κ1) is 15.9. The standard InChI is InChI=1S/C15H24N2OS/c1-12(2)17-15(18)13-7-6-8-14(11-13)16-9-4-5-10-19-3/h6-8,11-12,16H,4-5,9-10H2,1-3H3,(H,17,18). The van der Waals surface area contributed by atoms with Crippen molar-refractivity contribution >= 4 is 23.4 Å². The maximum absolute atomic E-state index is 11.9. The number of nitrogens with one attached hydrogen (secondary N) is 2. The SMILES string of the molecule is CSCCCCNc1cccc(C(=O)NC(C)C)c1. The average Bonchev–Trinajstić information content (AvgIpc) is 2.38. The molecule has 3 nitrogen and oxygen atoms in total. The Morgan fingerprint density at radius 3 is 2.79 bits per heavy atom. The summed E-state index contributed by atoms with van der Waals surface area (Å²) >= 11 is 1.88. The minimum atomic E-state index is -0.0129. The van der Waals surface area contributed by atoms with Crippen molar-refractivity contribution in [3.8, 4) is 0 Å². The molecule has 0 aliphatic heterocycles. The Morgan fingerprint density at radius 1 is 1.32 bits per heavy atom. The summed E-state index contributed by atoms with van der Waals surface area (Å²) in [6.45, 7) is 4.88. The number of rotatable bonds is 8. The molecule has 0 unspecified atom stereocenters. The van der Waals surface area contributed by atoms with Gasteiger partial charge in [-0.25, -0.2) is 0 Å². The minimum Gasteiger partial charge on any atom is -0.385 e. The van der Waals surface area contributed by atoms with Crippen LogP contribution < -0.4 is 10.6 Å². The lowest BCUT2D eigenvalue weighted by Crippen LogP contribution is -2.30. The molecule has 1 aromatic rings. The molecule has 2 N–H and O–H groups in total. The van der Waals surface area contributed by atoms with Crippen LogP contribution >= 0.6 is 11.8 Å². The van der Waals surface area contributed by atoms with E-state index in [1.807, 2.05) is 49.9 Å². The Kier molecular flexibility index (Phi) is 7.41. The fourth-order valence-corrected chi connectivity index (χ4v) is 2.21. The maximum Gasteiger partial charge on any atom is 0.251 e. The molecule has 0 aliphatic rings. The highest BCUT2D eigenvalue weighted by Crippen LogP contribution is 2.11. The number of hydrogen-bond donors (Lipinski definition) is 2. The lowest BCUT2D eigenvalue weighted by atomic mass is 10.1. The number of benzene rings is 1. The summed E-state index contributed by atoms with van der Waals surface area (Å²) in [5.74, 6) is 1.19. The van der Waals surface area contributed by atoms with Gasteiger partial charge in [0.1, 0.15) is 0 Å². The molecule has 106 valence electrons. The van der Waals surface area contributed by atoms with Gasteiger partial charge in [0.2, 0.25) is 0 Å². The lowest BCUT2D eigenvalue weighted by Gasteiger charge is -2.10. The number of unbranched alkanes of at least 4 members (excludes halogenated alkanes) is 1. The van der Waals surface area contributed by atoms with E-state index >= 15 is 0 Å². The highest BCUT2D eigenvalue weighted by atomic mass is 32.2. The average molecular weight is 280 g/mol. The van der Waals surface area contributed by atoms with Gasteiger partial charge in [0.15, 0.2) is 0 Å². The van der Waals surface area contributed by atoms with E-state index in [1.165, 1.54) is 12.2 Å². The van der Waals surface area contributed by atoms with Gasteiger partial charge in [-0.2, -0.15) is 11.8 Å². The van der Waals surface area contributed by atoms with Crippen molar-refractivity contribution in [2.75, 3.05) is 23.9 Å². The van der Waals surface area contributed by atoms with E-state index < -0.39 is 0 Å². The van der Waals surface area contributed by atoms with Crippen LogP contribution in [0.25, 0.3) is 0 Å². The largest absolute Gasteiger partial charge is 0.385 e. The van der Waals surface area contributed by atoms with Crippen molar-refractivity contribution in [1.29, 1.82) is 0 Å². The predicted octanol–water partition coefficient (Wildman–Crippen LogP) is 3.38. The predicted molar refractivity (Wildman–Crippen MR) is 85.1 cm³/mol. The Morgan fingerprint density at radius 2 is 2.11 bits per heavy atom. The fourth-order valence-electron chi connectivity index (χ4n) is 1.72. The quantitative estimate of drug-likeness (QED) is 0.717. The van der Waals surface area contributed by atoms with Crippen LogP contribution in [0.3, 0.4) is 0 Å². The van der Waals surface area contributed by atoms with Crippen LogP contribution in [0.5, 0.6) is 0 Å². The monoisotopic (exact) mass is 280 g/mol. The van der Waals surface area contributed by atoms with Crippen LogP contribution in [-0.2, 0) is 0 Å². The molecule has 1 aromatic carbocycles. The van der Waals surface area contributed by atoms with Gasteiger partial charge in [-0.1, -0.05) is 6.07 Å². The van der Waals surface area contributed by atoms with E-state index in [9.17, 15) is 4.79 Å². The molecule has 0 saturated carbocycles. The second-order valence-corrected chi connectivity index (χ2v) is 5.82. The number of anilines is 1. The number of amides is 1. The first-order valence-electron chi connectivity index (χ1n) is 6.77. The van der Waals surface area contributed by atoms with E-state index in [-0.39, 0.29) is 11.9 Å². The molecule has 4 heteroatoms. The summed E-state index contributed by atoms with van der Waals surface area (Å²) in [6, 6.07) is 7.83. The van der Waals surface area contributed by atoms with Crippen LogP contribution in [0.15, 0.2) is 24.3 Å². The van der Waals surface area contributed by atoms with E-state index in [0.29, 0.717) is 5.56 Å². The summed E-state index contributed by atoms with van der Waals surface area (Å²) in [4.78, 5) is 11.9. The van der Waals surface area contributed by atoms with Crippen molar-refractivity contribution in [2.24, 2.45) is 0 Å². The van der Waals surface area contributed by atoms with Crippen molar-refractivity contribution in [2.45, 2.75) is 32.7 Å². The molecule has 0 fully saturated rings. The maximum atomic E-state index is 11.9. The zero-order valence-electron chi connectivity index (χ0n) is 12.0. The highest BCUT2D eigenvalue weighted by molar-refractivity contribution is 7.98. The van der Waals surface area contributed by atoms with Gasteiger partial charge in [0.05, 0.1) is 0 Å². The van der Waals surface area contributed by atoms with Crippen molar-refractivity contribution in [3.05, 3.63) is 29.8 Å². The molecule has 0 bridgehead atoms. The van der Waals surface area contributed by atoms with Gasteiger partial charge >= 0.3 is 0 Å². The second kappa shape index (κ2) is 8.86.